The van der Waals surface area contributed by atoms with Gasteiger partial charge in [-0.05, 0) is 35.9 Å². The summed E-state index contributed by atoms with van der Waals surface area (Å²) in [5, 5.41) is 5.37. The molecule has 0 spiro atoms. The third kappa shape index (κ3) is 4.70. The molecule has 3 aromatic rings. The molecule has 5 nitrogen and oxygen atoms in total. The Bertz CT molecular complexity index is 1040. The minimum atomic E-state index is -4.43. The van der Waals surface area contributed by atoms with Crippen LogP contribution in [-0.4, -0.2) is 28.2 Å². The number of hydrogen-bond donors (Lipinski definition) is 1. The van der Waals surface area contributed by atoms with E-state index in [0.29, 0.717) is 16.8 Å². The zero-order chi connectivity index (χ0) is 20.4. The number of carbonyl (C=O) groups excluding carboxylic acids is 1. The number of nitrogens with one attached hydrogen (secondary N) is 1. The number of carbonyl (C=O) groups is 1. The fourth-order valence-electron chi connectivity index (χ4n) is 2.74. The van der Waals surface area contributed by atoms with Crippen molar-refractivity contribution >= 4 is 34.1 Å². The Hall–Kier alpha value is -2.59. The number of halogens is 3. The molecule has 2 aromatic heterocycles. The van der Waals surface area contributed by atoms with Gasteiger partial charge in [-0.15, -0.1) is 11.3 Å². The molecule has 0 bridgehead atoms. The molecule has 0 saturated heterocycles. The smallest absolute Gasteiger partial charge is 0.417 e. The maximum absolute atomic E-state index is 12.5. The van der Waals surface area contributed by atoms with E-state index in [2.05, 4.69) is 15.3 Å². The molecule has 0 atom stereocenters. The van der Waals surface area contributed by atoms with Crippen molar-refractivity contribution in [1.82, 2.24) is 9.97 Å². The number of thiazole rings is 1. The molecule has 150 valence electrons. The number of ether oxygens (including phenoxy) is 1. The summed E-state index contributed by atoms with van der Waals surface area (Å²) in [7, 11) is 0. The van der Waals surface area contributed by atoms with Crippen LogP contribution in [0.5, 0.6) is 5.75 Å². The van der Waals surface area contributed by atoms with Crippen LogP contribution >= 0.6 is 23.1 Å². The summed E-state index contributed by atoms with van der Waals surface area (Å²) >= 11 is 2.36. The lowest BCUT2D eigenvalue weighted by atomic mass is 10.1. The van der Waals surface area contributed by atoms with Crippen LogP contribution in [0.1, 0.15) is 11.1 Å². The number of aromatic nitrogens is 2. The van der Waals surface area contributed by atoms with Gasteiger partial charge in [-0.25, -0.2) is 9.97 Å². The van der Waals surface area contributed by atoms with Crippen LogP contribution in [0.2, 0.25) is 0 Å². The van der Waals surface area contributed by atoms with E-state index in [1.807, 2.05) is 23.6 Å². The van der Waals surface area contributed by atoms with Crippen molar-refractivity contribution in [2.75, 3.05) is 17.7 Å². The van der Waals surface area contributed by atoms with Crippen LogP contribution < -0.4 is 10.1 Å². The molecule has 3 heterocycles. The van der Waals surface area contributed by atoms with Crippen molar-refractivity contribution in [3.05, 3.63) is 53.0 Å². The predicted octanol–water partition coefficient (Wildman–Crippen LogP) is 4.89. The van der Waals surface area contributed by atoms with Gasteiger partial charge in [0.2, 0.25) is 5.91 Å². The van der Waals surface area contributed by atoms with Gasteiger partial charge in [-0.3, -0.25) is 4.79 Å². The first kappa shape index (κ1) is 19.7. The molecule has 4 rings (SSSR count). The molecule has 0 aliphatic carbocycles. The molecule has 0 saturated carbocycles. The number of fused-ring (bicyclic) bond motifs is 1. The second kappa shape index (κ2) is 8.03. The van der Waals surface area contributed by atoms with Crippen LogP contribution in [0.3, 0.4) is 0 Å². The second-order valence-electron chi connectivity index (χ2n) is 6.18. The lowest BCUT2D eigenvalue weighted by molar-refractivity contribution is -0.137. The Morgan fingerprint density at radius 2 is 2.14 bits per heavy atom. The Morgan fingerprint density at radius 1 is 1.28 bits per heavy atom. The van der Waals surface area contributed by atoms with E-state index in [1.54, 1.807) is 0 Å². The molecule has 1 aromatic carbocycles. The number of rotatable bonds is 5. The fourth-order valence-corrected chi connectivity index (χ4v) is 4.12. The van der Waals surface area contributed by atoms with E-state index in [1.165, 1.54) is 17.4 Å². The second-order valence-corrected chi connectivity index (χ2v) is 8.03. The standard InChI is InChI=1S/C19H14F3N3O2S2/c20-19(21,22)13-2-4-17(23-8-13)28-10-16(26)25-18-24-14(9-29-18)11-1-3-15-12(7-11)5-6-27-15/h1-4,7-9H,5-6,10H2,(H,24,25,26). The maximum Gasteiger partial charge on any atom is 0.417 e. The van der Waals surface area contributed by atoms with Crippen LogP contribution in [0.15, 0.2) is 46.9 Å². The number of amides is 1. The SMILES string of the molecule is O=C(CSc1ccc(C(F)(F)F)cn1)Nc1nc(-c2ccc3c(c2)CCO3)cs1. The van der Waals surface area contributed by atoms with E-state index in [0.717, 1.165) is 53.0 Å². The minimum absolute atomic E-state index is 0.0173. The van der Waals surface area contributed by atoms with Gasteiger partial charge >= 0.3 is 6.18 Å². The molecule has 1 amide bonds. The molecular formula is C19H14F3N3O2S2. The van der Waals surface area contributed by atoms with E-state index < -0.39 is 11.7 Å². The molecule has 0 fully saturated rings. The number of thioether (sulfide) groups is 1. The lowest BCUT2D eigenvalue weighted by Gasteiger charge is -2.06. The fraction of sp³-hybridized carbons (Fsp3) is 0.211. The van der Waals surface area contributed by atoms with E-state index in [9.17, 15) is 18.0 Å². The van der Waals surface area contributed by atoms with Gasteiger partial charge in [-0.2, -0.15) is 13.2 Å². The average Bonchev–Trinajstić information content (AvgIpc) is 3.34. The zero-order valence-electron chi connectivity index (χ0n) is 14.8. The van der Waals surface area contributed by atoms with E-state index in [-0.39, 0.29) is 11.7 Å². The van der Waals surface area contributed by atoms with Crippen molar-refractivity contribution < 1.29 is 22.7 Å². The summed E-state index contributed by atoms with van der Waals surface area (Å²) in [6.07, 6.45) is -2.80. The normalized spacial score (nSPS) is 13.1. The number of benzene rings is 1. The average molecular weight is 437 g/mol. The molecule has 1 aliphatic rings. The van der Waals surface area contributed by atoms with Gasteiger partial charge in [0.15, 0.2) is 5.13 Å². The van der Waals surface area contributed by atoms with Crippen LogP contribution in [-0.2, 0) is 17.4 Å². The summed E-state index contributed by atoms with van der Waals surface area (Å²) in [6.45, 7) is 0.683. The monoisotopic (exact) mass is 437 g/mol. The topological polar surface area (TPSA) is 64.1 Å². The van der Waals surface area contributed by atoms with Gasteiger partial charge in [0, 0.05) is 23.6 Å². The third-order valence-electron chi connectivity index (χ3n) is 4.15. The highest BCUT2D eigenvalue weighted by molar-refractivity contribution is 7.99. The first-order valence-electron chi connectivity index (χ1n) is 8.56. The number of pyridine rings is 1. The van der Waals surface area contributed by atoms with Gasteiger partial charge in [0.05, 0.1) is 28.6 Å². The van der Waals surface area contributed by atoms with E-state index >= 15 is 0 Å². The number of hydrogen-bond acceptors (Lipinski definition) is 6. The van der Waals surface area contributed by atoms with Gasteiger partial charge < -0.3 is 10.1 Å². The Morgan fingerprint density at radius 3 is 2.90 bits per heavy atom. The molecule has 10 heteroatoms. The molecule has 29 heavy (non-hydrogen) atoms. The molecule has 1 aliphatic heterocycles. The Labute approximate surface area is 172 Å². The summed E-state index contributed by atoms with van der Waals surface area (Å²) < 4.78 is 43.1. The third-order valence-corrected chi connectivity index (χ3v) is 5.85. The number of anilines is 1. The summed E-state index contributed by atoms with van der Waals surface area (Å²) in [6, 6.07) is 8.08. The Kier molecular flexibility index (Phi) is 5.46. The first-order valence-corrected chi connectivity index (χ1v) is 10.4. The largest absolute Gasteiger partial charge is 0.493 e. The lowest BCUT2D eigenvalue weighted by Crippen LogP contribution is -2.14. The summed E-state index contributed by atoms with van der Waals surface area (Å²) in [5.74, 6) is 0.607. The highest BCUT2D eigenvalue weighted by Gasteiger charge is 2.30. The van der Waals surface area contributed by atoms with Crippen molar-refractivity contribution in [3.8, 4) is 17.0 Å². The molecule has 0 radical (unpaired) electrons. The Balaban J connectivity index is 1.33. The maximum atomic E-state index is 12.5. The first-order chi connectivity index (χ1) is 13.9. The predicted molar refractivity (Wildman–Crippen MR) is 105 cm³/mol. The van der Waals surface area contributed by atoms with Crippen molar-refractivity contribution in [2.45, 2.75) is 17.6 Å². The quantitative estimate of drug-likeness (QED) is 0.576. The van der Waals surface area contributed by atoms with Crippen molar-refractivity contribution in [2.24, 2.45) is 0 Å². The number of nitrogens with zero attached hydrogens (tertiary/aromatic N) is 2. The zero-order valence-corrected chi connectivity index (χ0v) is 16.5. The van der Waals surface area contributed by atoms with Crippen LogP contribution in [0, 0.1) is 0 Å². The van der Waals surface area contributed by atoms with Gasteiger partial charge in [0.25, 0.3) is 0 Å². The van der Waals surface area contributed by atoms with Gasteiger partial charge in [0.1, 0.15) is 5.75 Å². The number of alkyl halides is 3. The van der Waals surface area contributed by atoms with E-state index in [4.69, 9.17) is 4.74 Å². The molecular weight excluding hydrogens is 423 g/mol. The minimum Gasteiger partial charge on any atom is -0.493 e. The highest BCUT2D eigenvalue weighted by Crippen LogP contribution is 2.32. The molecule has 0 unspecified atom stereocenters. The van der Waals surface area contributed by atoms with Crippen molar-refractivity contribution in [1.29, 1.82) is 0 Å². The molecule has 1 N–H and O–H groups in total. The van der Waals surface area contributed by atoms with Gasteiger partial charge in [-0.1, -0.05) is 11.8 Å². The summed E-state index contributed by atoms with van der Waals surface area (Å²) in [5.41, 5.74) is 2.03. The van der Waals surface area contributed by atoms with Crippen LogP contribution in [0.25, 0.3) is 11.3 Å². The van der Waals surface area contributed by atoms with Crippen LogP contribution in [0.4, 0.5) is 18.3 Å². The summed E-state index contributed by atoms with van der Waals surface area (Å²) in [4.78, 5) is 20.3. The highest BCUT2D eigenvalue weighted by atomic mass is 32.2. The van der Waals surface area contributed by atoms with Crippen molar-refractivity contribution in [3.63, 3.8) is 0 Å².